The first-order valence-electron chi connectivity index (χ1n) is 6.29. The Hall–Kier alpha value is -0.720. The Morgan fingerprint density at radius 3 is 2.78 bits per heavy atom. The number of carbonyl (C=O) groups excluding carboxylic acids is 1. The molecule has 2 heterocycles. The maximum Gasteiger partial charge on any atom is 0.195 e. The molecule has 0 atom stereocenters. The lowest BCUT2D eigenvalue weighted by Gasteiger charge is -2.26. The Morgan fingerprint density at radius 2 is 2.17 bits per heavy atom. The van der Waals surface area contributed by atoms with Gasteiger partial charge in [-0.25, -0.2) is 0 Å². The van der Waals surface area contributed by atoms with E-state index in [9.17, 15) is 4.79 Å². The highest BCUT2D eigenvalue weighted by Gasteiger charge is 2.21. The summed E-state index contributed by atoms with van der Waals surface area (Å²) >= 11 is 3.42. The predicted molar refractivity (Wildman–Crippen MR) is 74.0 cm³/mol. The van der Waals surface area contributed by atoms with Crippen molar-refractivity contribution in [3.05, 3.63) is 16.4 Å². The van der Waals surface area contributed by atoms with Crippen molar-refractivity contribution in [1.82, 2.24) is 20.0 Å². The fourth-order valence-electron chi connectivity index (χ4n) is 2.14. The van der Waals surface area contributed by atoms with Crippen LogP contribution in [0.5, 0.6) is 0 Å². The number of carbonyl (C=O) groups is 1. The van der Waals surface area contributed by atoms with Crippen LogP contribution in [-0.2, 0) is 0 Å². The highest BCUT2D eigenvalue weighted by Crippen LogP contribution is 2.20. The van der Waals surface area contributed by atoms with Gasteiger partial charge in [-0.05, 0) is 29.8 Å². The molecule has 6 heteroatoms. The second-order valence-electron chi connectivity index (χ2n) is 4.83. The van der Waals surface area contributed by atoms with Crippen molar-refractivity contribution in [2.45, 2.75) is 19.9 Å². The lowest BCUT2D eigenvalue weighted by Crippen LogP contribution is -2.45. The van der Waals surface area contributed by atoms with Crippen LogP contribution in [0.3, 0.4) is 0 Å². The van der Waals surface area contributed by atoms with Crippen molar-refractivity contribution < 1.29 is 4.79 Å². The minimum atomic E-state index is 0.134. The van der Waals surface area contributed by atoms with E-state index in [2.05, 4.69) is 31.2 Å². The quantitative estimate of drug-likeness (QED) is 0.852. The fraction of sp³-hybridized carbons (Fsp3) is 0.667. The van der Waals surface area contributed by atoms with Crippen LogP contribution in [0, 0.1) is 0 Å². The van der Waals surface area contributed by atoms with Crippen LogP contribution in [0.25, 0.3) is 0 Å². The largest absolute Gasteiger partial charge is 0.314 e. The topological polar surface area (TPSA) is 50.2 Å². The van der Waals surface area contributed by atoms with Crippen molar-refractivity contribution in [1.29, 1.82) is 0 Å². The van der Waals surface area contributed by atoms with Gasteiger partial charge < -0.3 is 5.32 Å². The normalized spacial score (nSPS) is 17.3. The number of Topliss-reactive ketones (excluding diaryl/α,β-unsaturated/α-hetero) is 1. The molecule has 0 aromatic carbocycles. The van der Waals surface area contributed by atoms with E-state index >= 15 is 0 Å². The first-order valence-corrected chi connectivity index (χ1v) is 7.08. The number of hydrogen-bond acceptors (Lipinski definition) is 4. The number of piperazine rings is 1. The van der Waals surface area contributed by atoms with E-state index in [1.54, 1.807) is 10.9 Å². The zero-order chi connectivity index (χ0) is 13.1. The highest BCUT2D eigenvalue weighted by molar-refractivity contribution is 9.10. The monoisotopic (exact) mass is 314 g/mol. The van der Waals surface area contributed by atoms with E-state index in [4.69, 9.17) is 0 Å². The van der Waals surface area contributed by atoms with Gasteiger partial charge in [-0.3, -0.25) is 14.4 Å². The summed E-state index contributed by atoms with van der Waals surface area (Å²) < 4.78 is 2.57. The van der Waals surface area contributed by atoms with Gasteiger partial charge in [0.05, 0.1) is 17.2 Å². The zero-order valence-corrected chi connectivity index (χ0v) is 12.4. The second kappa shape index (κ2) is 5.95. The summed E-state index contributed by atoms with van der Waals surface area (Å²) in [6.07, 6.45) is 1.70. The van der Waals surface area contributed by atoms with E-state index in [-0.39, 0.29) is 11.8 Å². The van der Waals surface area contributed by atoms with Crippen molar-refractivity contribution in [3.63, 3.8) is 0 Å². The second-order valence-corrected chi connectivity index (χ2v) is 5.68. The van der Waals surface area contributed by atoms with Gasteiger partial charge in [0.1, 0.15) is 5.69 Å². The number of nitrogens with one attached hydrogen (secondary N) is 1. The lowest BCUT2D eigenvalue weighted by molar-refractivity contribution is 0.0908. The molecule has 1 saturated heterocycles. The molecular weight excluding hydrogens is 296 g/mol. The minimum Gasteiger partial charge on any atom is -0.314 e. The molecule has 5 nitrogen and oxygen atoms in total. The first-order chi connectivity index (χ1) is 8.59. The Bertz CT molecular complexity index is 424. The summed E-state index contributed by atoms with van der Waals surface area (Å²) in [5.41, 5.74) is 0.684. The van der Waals surface area contributed by atoms with E-state index < -0.39 is 0 Å². The Labute approximate surface area is 116 Å². The molecule has 18 heavy (non-hydrogen) atoms. The molecule has 2 rings (SSSR count). The van der Waals surface area contributed by atoms with Crippen LogP contribution < -0.4 is 5.32 Å². The Balaban J connectivity index is 2.10. The van der Waals surface area contributed by atoms with Crippen molar-refractivity contribution in [2.75, 3.05) is 32.7 Å². The number of nitrogens with zero attached hydrogens (tertiary/aromatic N) is 3. The van der Waals surface area contributed by atoms with Crippen LogP contribution in [0.15, 0.2) is 10.7 Å². The number of aromatic nitrogens is 2. The summed E-state index contributed by atoms with van der Waals surface area (Å²) in [6.45, 7) is 8.30. The number of ketones is 1. The van der Waals surface area contributed by atoms with E-state index in [0.29, 0.717) is 12.2 Å². The molecule has 0 radical (unpaired) electrons. The highest BCUT2D eigenvalue weighted by atomic mass is 79.9. The van der Waals surface area contributed by atoms with E-state index in [1.807, 2.05) is 13.8 Å². The SMILES string of the molecule is CC(C)n1ncc(Br)c1C(=O)CN1CCNCC1. The molecule has 1 fully saturated rings. The third kappa shape index (κ3) is 2.99. The number of halogens is 1. The molecular formula is C12H19BrN4O. The lowest BCUT2D eigenvalue weighted by atomic mass is 10.2. The van der Waals surface area contributed by atoms with Crippen LogP contribution in [0.4, 0.5) is 0 Å². The van der Waals surface area contributed by atoms with E-state index in [1.165, 1.54) is 0 Å². The molecule has 0 spiro atoms. The molecule has 0 amide bonds. The number of hydrogen-bond donors (Lipinski definition) is 1. The molecule has 0 unspecified atom stereocenters. The standard InChI is InChI=1S/C12H19BrN4O/c1-9(2)17-12(10(13)7-15-17)11(18)8-16-5-3-14-4-6-16/h7,9,14H,3-6,8H2,1-2H3. The van der Waals surface area contributed by atoms with Gasteiger partial charge in [0.15, 0.2) is 5.78 Å². The van der Waals surface area contributed by atoms with Gasteiger partial charge in [0.2, 0.25) is 0 Å². The van der Waals surface area contributed by atoms with Gasteiger partial charge >= 0.3 is 0 Å². The summed E-state index contributed by atoms with van der Waals surface area (Å²) in [5.74, 6) is 0.134. The molecule has 1 aliphatic heterocycles. The summed E-state index contributed by atoms with van der Waals surface area (Å²) in [6, 6.07) is 0.193. The molecule has 0 bridgehead atoms. The molecule has 0 aliphatic carbocycles. The van der Waals surface area contributed by atoms with Crippen LogP contribution >= 0.6 is 15.9 Å². The van der Waals surface area contributed by atoms with Gasteiger partial charge in [-0.1, -0.05) is 0 Å². The Kier molecular flexibility index (Phi) is 4.53. The van der Waals surface area contributed by atoms with Crippen LogP contribution in [0.1, 0.15) is 30.4 Å². The average Bonchev–Trinajstić information content (AvgIpc) is 2.72. The third-order valence-corrected chi connectivity index (χ3v) is 3.66. The third-order valence-electron chi connectivity index (χ3n) is 3.08. The zero-order valence-electron chi connectivity index (χ0n) is 10.8. The van der Waals surface area contributed by atoms with Gasteiger partial charge in [-0.15, -0.1) is 0 Å². The fourth-order valence-corrected chi connectivity index (χ4v) is 2.64. The summed E-state index contributed by atoms with van der Waals surface area (Å²) in [4.78, 5) is 14.6. The smallest absolute Gasteiger partial charge is 0.195 e. The predicted octanol–water partition coefficient (Wildman–Crippen LogP) is 1.31. The van der Waals surface area contributed by atoms with Gasteiger partial charge in [0.25, 0.3) is 0 Å². The minimum absolute atomic E-state index is 0.134. The maximum absolute atomic E-state index is 12.4. The molecule has 100 valence electrons. The molecule has 1 aromatic rings. The molecule has 1 aliphatic rings. The van der Waals surface area contributed by atoms with Crippen molar-refractivity contribution >= 4 is 21.7 Å². The van der Waals surface area contributed by atoms with Gasteiger partial charge in [0, 0.05) is 32.2 Å². The average molecular weight is 315 g/mol. The molecule has 1 aromatic heterocycles. The van der Waals surface area contributed by atoms with E-state index in [0.717, 1.165) is 30.7 Å². The van der Waals surface area contributed by atoms with Crippen LogP contribution in [-0.4, -0.2) is 53.2 Å². The number of rotatable bonds is 4. The van der Waals surface area contributed by atoms with Crippen LogP contribution in [0.2, 0.25) is 0 Å². The first kappa shape index (κ1) is 13.7. The molecule has 0 saturated carbocycles. The summed E-state index contributed by atoms with van der Waals surface area (Å²) in [5, 5.41) is 7.53. The maximum atomic E-state index is 12.4. The Morgan fingerprint density at radius 1 is 1.50 bits per heavy atom. The molecule has 1 N–H and O–H groups in total. The summed E-state index contributed by atoms with van der Waals surface area (Å²) in [7, 11) is 0. The van der Waals surface area contributed by atoms with Crippen molar-refractivity contribution in [3.8, 4) is 0 Å². The van der Waals surface area contributed by atoms with Gasteiger partial charge in [-0.2, -0.15) is 5.10 Å². The van der Waals surface area contributed by atoms with Crippen molar-refractivity contribution in [2.24, 2.45) is 0 Å².